The van der Waals surface area contributed by atoms with E-state index in [9.17, 15) is 0 Å². The highest BCUT2D eigenvalue weighted by Gasteiger charge is 2.44. The van der Waals surface area contributed by atoms with Crippen LogP contribution in [0.25, 0.3) is 0 Å². The topological polar surface area (TPSA) is 9.23 Å². The van der Waals surface area contributed by atoms with E-state index in [4.69, 9.17) is 4.74 Å². The summed E-state index contributed by atoms with van der Waals surface area (Å²) in [4.78, 5) is 0. The van der Waals surface area contributed by atoms with Gasteiger partial charge in [0, 0.05) is 7.11 Å². The number of ether oxygens (including phenoxy) is 1. The zero-order chi connectivity index (χ0) is 11.6. The lowest BCUT2D eigenvalue weighted by Crippen LogP contribution is -2.29. The molecular formula is C15H26O. The highest BCUT2D eigenvalue weighted by Crippen LogP contribution is 2.55. The summed E-state index contributed by atoms with van der Waals surface area (Å²) >= 11 is 0. The van der Waals surface area contributed by atoms with Gasteiger partial charge in [0.1, 0.15) is 0 Å². The lowest BCUT2D eigenvalue weighted by molar-refractivity contribution is 0.0618. The first-order valence-electron chi connectivity index (χ1n) is 6.97. The van der Waals surface area contributed by atoms with E-state index >= 15 is 0 Å². The smallest absolute Gasteiger partial charge is 0.0551 e. The molecule has 2 atom stereocenters. The molecule has 0 aromatic rings. The second-order valence-corrected chi connectivity index (χ2v) is 5.73. The van der Waals surface area contributed by atoms with Crippen LogP contribution < -0.4 is 0 Å². The summed E-state index contributed by atoms with van der Waals surface area (Å²) in [7, 11) is 1.85. The van der Waals surface area contributed by atoms with E-state index in [2.05, 4.69) is 19.9 Å². The van der Waals surface area contributed by atoms with Crippen LogP contribution in [0.3, 0.4) is 0 Å². The van der Waals surface area contributed by atoms with E-state index in [-0.39, 0.29) is 0 Å². The van der Waals surface area contributed by atoms with Crippen molar-refractivity contribution in [1.29, 1.82) is 0 Å². The molecule has 2 unspecified atom stereocenters. The fourth-order valence-corrected chi connectivity index (χ4v) is 3.55. The Kier molecular flexibility index (Phi) is 3.73. The first-order valence-corrected chi connectivity index (χ1v) is 6.97. The largest absolute Gasteiger partial charge is 0.382 e. The Balaban J connectivity index is 2.04. The Hall–Kier alpha value is -0.300. The van der Waals surface area contributed by atoms with Gasteiger partial charge in [-0.1, -0.05) is 37.8 Å². The maximum absolute atomic E-state index is 5.50. The van der Waals surface area contributed by atoms with Crippen LogP contribution in [0.2, 0.25) is 0 Å². The van der Waals surface area contributed by atoms with Crippen molar-refractivity contribution in [3.05, 3.63) is 11.6 Å². The minimum absolute atomic E-state index is 0.414. The van der Waals surface area contributed by atoms with Crippen molar-refractivity contribution in [2.24, 2.45) is 11.3 Å². The van der Waals surface area contributed by atoms with Crippen molar-refractivity contribution in [3.63, 3.8) is 0 Å². The van der Waals surface area contributed by atoms with Gasteiger partial charge in [0.05, 0.1) is 6.10 Å². The molecule has 0 spiro atoms. The first kappa shape index (κ1) is 12.2. The average molecular weight is 222 g/mol. The Morgan fingerprint density at radius 1 is 1.38 bits per heavy atom. The van der Waals surface area contributed by atoms with E-state index in [0.717, 1.165) is 5.92 Å². The van der Waals surface area contributed by atoms with E-state index in [1.807, 2.05) is 7.11 Å². The fourth-order valence-electron chi connectivity index (χ4n) is 3.55. The van der Waals surface area contributed by atoms with Gasteiger partial charge in [0.25, 0.3) is 0 Å². The van der Waals surface area contributed by atoms with Crippen LogP contribution in [0.1, 0.15) is 58.8 Å². The van der Waals surface area contributed by atoms with Gasteiger partial charge in [-0.25, -0.2) is 0 Å². The zero-order valence-electron chi connectivity index (χ0n) is 11.1. The first-order chi connectivity index (χ1) is 7.72. The summed E-state index contributed by atoms with van der Waals surface area (Å²) in [5, 5.41) is 0. The summed E-state index contributed by atoms with van der Waals surface area (Å²) in [5.41, 5.74) is 2.30. The molecule has 0 radical (unpaired) electrons. The molecule has 1 nitrogen and oxygen atoms in total. The summed E-state index contributed by atoms with van der Waals surface area (Å²) in [5.74, 6) is 0.835. The van der Waals surface area contributed by atoms with Crippen LogP contribution in [-0.4, -0.2) is 13.2 Å². The summed E-state index contributed by atoms with van der Waals surface area (Å²) < 4.78 is 5.50. The number of hydrogen-bond acceptors (Lipinski definition) is 1. The Bertz CT molecular complexity index is 261. The van der Waals surface area contributed by atoms with Crippen LogP contribution in [0, 0.1) is 11.3 Å². The predicted octanol–water partition coefficient (Wildman–Crippen LogP) is 4.33. The van der Waals surface area contributed by atoms with E-state index in [1.54, 1.807) is 5.57 Å². The summed E-state index contributed by atoms with van der Waals surface area (Å²) in [6.45, 7) is 4.53. The number of hydrogen-bond donors (Lipinski definition) is 0. The third kappa shape index (κ3) is 2.34. The molecule has 2 rings (SSSR count). The van der Waals surface area contributed by atoms with E-state index in [0.29, 0.717) is 11.5 Å². The second-order valence-electron chi connectivity index (χ2n) is 5.73. The van der Waals surface area contributed by atoms with Gasteiger partial charge in [-0.2, -0.15) is 0 Å². The molecule has 0 amide bonds. The molecule has 0 heterocycles. The highest BCUT2D eigenvalue weighted by molar-refractivity contribution is 5.36. The quantitative estimate of drug-likeness (QED) is 0.629. The van der Waals surface area contributed by atoms with Crippen LogP contribution in [-0.2, 0) is 4.74 Å². The highest BCUT2D eigenvalue weighted by atomic mass is 16.5. The zero-order valence-corrected chi connectivity index (χ0v) is 11.1. The van der Waals surface area contributed by atoms with E-state index < -0.39 is 0 Å². The number of methoxy groups -OCH3 is 1. The lowest BCUT2D eigenvalue weighted by Gasteiger charge is -2.38. The summed E-state index contributed by atoms with van der Waals surface area (Å²) in [6, 6.07) is 0. The van der Waals surface area contributed by atoms with Crippen molar-refractivity contribution in [2.75, 3.05) is 7.11 Å². The minimum Gasteiger partial charge on any atom is -0.382 e. The molecule has 92 valence electrons. The molecule has 2 aliphatic carbocycles. The normalized spacial score (nSPS) is 29.7. The molecular weight excluding hydrogens is 196 g/mol. The van der Waals surface area contributed by atoms with Gasteiger partial charge >= 0.3 is 0 Å². The Morgan fingerprint density at radius 3 is 2.56 bits per heavy atom. The molecule has 2 aliphatic rings. The van der Waals surface area contributed by atoms with Gasteiger partial charge in [0.2, 0.25) is 0 Å². The van der Waals surface area contributed by atoms with Crippen LogP contribution in [0.15, 0.2) is 11.6 Å². The van der Waals surface area contributed by atoms with Gasteiger partial charge in [-0.15, -0.1) is 0 Å². The molecule has 0 N–H and O–H groups in total. The van der Waals surface area contributed by atoms with E-state index in [1.165, 1.54) is 44.9 Å². The molecule has 0 aliphatic heterocycles. The van der Waals surface area contributed by atoms with Crippen molar-refractivity contribution in [3.8, 4) is 0 Å². The van der Waals surface area contributed by atoms with Crippen LogP contribution >= 0.6 is 0 Å². The second kappa shape index (κ2) is 4.91. The monoisotopic (exact) mass is 222 g/mol. The van der Waals surface area contributed by atoms with Gasteiger partial charge < -0.3 is 4.74 Å². The maximum atomic E-state index is 5.50. The number of allylic oxidation sites excluding steroid dienone is 2. The molecule has 1 fully saturated rings. The molecule has 16 heavy (non-hydrogen) atoms. The number of rotatable bonds is 5. The molecule has 0 bridgehead atoms. The average Bonchev–Trinajstić information content (AvgIpc) is 3.10. The maximum Gasteiger partial charge on any atom is 0.0551 e. The van der Waals surface area contributed by atoms with Crippen LogP contribution in [0.4, 0.5) is 0 Å². The molecule has 1 heteroatoms. The standard InChI is InChI=1S/C15H26O/c1-4-13-10-14(13)15(11-12(2)16-3)8-6-5-7-9-15/h10,12-13H,4-9,11H2,1-3H3. The molecule has 0 aromatic carbocycles. The Morgan fingerprint density at radius 2 is 2.06 bits per heavy atom. The Labute approximate surface area is 100 Å². The van der Waals surface area contributed by atoms with Crippen molar-refractivity contribution < 1.29 is 4.74 Å². The summed E-state index contributed by atoms with van der Waals surface area (Å²) in [6.07, 6.45) is 12.6. The van der Waals surface area contributed by atoms with Crippen molar-refractivity contribution >= 4 is 0 Å². The van der Waals surface area contributed by atoms with Crippen molar-refractivity contribution in [1.82, 2.24) is 0 Å². The third-order valence-corrected chi connectivity index (χ3v) is 4.61. The van der Waals surface area contributed by atoms with Crippen LogP contribution in [0.5, 0.6) is 0 Å². The third-order valence-electron chi connectivity index (χ3n) is 4.61. The SMILES string of the molecule is CCC1C=C1C1(CC(C)OC)CCCCC1. The predicted molar refractivity (Wildman–Crippen MR) is 68.5 cm³/mol. The van der Waals surface area contributed by atoms with Gasteiger partial charge in [0.15, 0.2) is 0 Å². The molecule has 0 aromatic heterocycles. The molecule has 0 saturated heterocycles. The van der Waals surface area contributed by atoms with Gasteiger partial charge in [-0.3, -0.25) is 0 Å². The fraction of sp³-hybridized carbons (Fsp3) is 0.867. The lowest BCUT2D eigenvalue weighted by atomic mass is 9.68. The van der Waals surface area contributed by atoms with Crippen molar-refractivity contribution in [2.45, 2.75) is 64.9 Å². The molecule has 1 saturated carbocycles. The minimum atomic E-state index is 0.414. The van der Waals surface area contributed by atoms with Gasteiger partial charge in [-0.05, 0) is 43.9 Å².